The van der Waals surface area contributed by atoms with Gasteiger partial charge in [-0.25, -0.2) is 0 Å². The number of carbonyl (C=O) groups is 3. The van der Waals surface area contributed by atoms with Crippen LogP contribution >= 0.6 is 0 Å². The SMILES string of the molecule is COCC(=O)Nc1ccc(C2(C(=O)OC3/C(C)=C/C[C@@H]4C[C@@H](CC5(CC[C@H](C)CO5)O4)OC(=O)[C@@H]4C=C(C)C(O)[C@H]5OC/C(=C\C=C\[C@@H]3C)[C@]54O)CCCC2)cc1. The van der Waals surface area contributed by atoms with Gasteiger partial charge in [0.05, 0.1) is 24.7 Å². The molecule has 1 aromatic carbocycles. The number of hydrogen-bond donors (Lipinski definition) is 3. The summed E-state index contributed by atoms with van der Waals surface area (Å²) in [6.07, 6.45) is 11.3. The van der Waals surface area contributed by atoms with Gasteiger partial charge in [-0.1, -0.05) is 69.2 Å². The number of methoxy groups -OCH3 is 1. The second kappa shape index (κ2) is 16.9. The molecule has 1 spiro atoms. The summed E-state index contributed by atoms with van der Waals surface area (Å²) >= 11 is 0. The number of aliphatic hydroxyl groups excluding tert-OH is 1. The molecule has 3 N–H and O–H groups in total. The number of allylic oxidation sites excluding steroid dienone is 2. The highest BCUT2D eigenvalue weighted by atomic mass is 16.7. The van der Waals surface area contributed by atoms with Crippen molar-refractivity contribution in [1.29, 1.82) is 0 Å². The van der Waals surface area contributed by atoms with E-state index < -0.39 is 53.1 Å². The molecule has 3 unspecified atom stereocenters. The zero-order chi connectivity index (χ0) is 40.5. The van der Waals surface area contributed by atoms with E-state index in [4.69, 9.17) is 28.4 Å². The Labute approximate surface area is 335 Å². The van der Waals surface area contributed by atoms with Gasteiger partial charge in [0.15, 0.2) is 5.79 Å². The molecule has 57 heavy (non-hydrogen) atoms. The maximum Gasteiger partial charge on any atom is 0.317 e. The molecule has 10 atom stereocenters. The van der Waals surface area contributed by atoms with E-state index >= 15 is 0 Å². The van der Waals surface area contributed by atoms with Crippen LogP contribution in [0.5, 0.6) is 0 Å². The number of aliphatic hydroxyl groups is 2. The van der Waals surface area contributed by atoms with Gasteiger partial charge < -0.3 is 44.0 Å². The molecule has 7 rings (SSSR count). The van der Waals surface area contributed by atoms with E-state index in [0.717, 1.165) is 30.4 Å². The number of carbonyl (C=O) groups excluding carboxylic acids is 3. The molecule has 1 amide bonds. The van der Waals surface area contributed by atoms with E-state index in [0.29, 0.717) is 67.9 Å². The summed E-state index contributed by atoms with van der Waals surface area (Å²) in [6.45, 7) is 8.33. The molecule has 4 fully saturated rings. The minimum Gasteiger partial charge on any atom is -0.462 e. The zero-order valence-corrected chi connectivity index (χ0v) is 33.9. The standard InChI is InChI=1S/C45H59NO11/c1-27-17-20-44(54-24-27)23-35-22-34(57-44)16-11-29(3)39(56-42(50)43(18-6-7-19-43)31-12-14-33(15-13-31)46-37(47)26-52-5)28(2)9-8-10-32-25-53-40-38(48)30(4)21-36(41(49)55-35)45(32,40)51/h8-15,21,27-28,34-36,38-40,48,51H,6-7,16-20,22-26H2,1-5H3,(H,46,47)/b9-8+,29-11+,32-10+/t27-,28-,34+,35-,36-,38?,39?,40+,44?,45+/m0/s1. The van der Waals surface area contributed by atoms with E-state index in [-0.39, 0.29) is 37.1 Å². The molecule has 0 radical (unpaired) electrons. The third-order valence-corrected chi connectivity index (χ3v) is 13.1. The molecule has 3 saturated heterocycles. The van der Waals surface area contributed by atoms with E-state index in [2.05, 4.69) is 18.3 Å². The number of ether oxygens (including phenoxy) is 6. The van der Waals surface area contributed by atoms with Crippen molar-refractivity contribution in [3.63, 3.8) is 0 Å². The van der Waals surface area contributed by atoms with Crippen molar-refractivity contribution in [2.75, 3.05) is 32.2 Å². The summed E-state index contributed by atoms with van der Waals surface area (Å²) in [6, 6.07) is 7.41. The van der Waals surface area contributed by atoms with Crippen LogP contribution in [0.2, 0.25) is 0 Å². The van der Waals surface area contributed by atoms with Crippen molar-refractivity contribution in [1.82, 2.24) is 0 Å². The van der Waals surface area contributed by atoms with Crippen LogP contribution in [0.1, 0.15) is 91.0 Å². The van der Waals surface area contributed by atoms with E-state index in [1.807, 2.05) is 44.2 Å². The summed E-state index contributed by atoms with van der Waals surface area (Å²) in [7, 11) is 1.47. The highest BCUT2D eigenvalue weighted by Crippen LogP contribution is 2.47. The fourth-order valence-electron chi connectivity index (χ4n) is 9.75. The predicted octanol–water partition coefficient (Wildman–Crippen LogP) is 5.76. The van der Waals surface area contributed by atoms with Gasteiger partial charge in [0.2, 0.25) is 5.91 Å². The van der Waals surface area contributed by atoms with Crippen LogP contribution in [0.25, 0.3) is 0 Å². The Morgan fingerprint density at radius 1 is 1.04 bits per heavy atom. The predicted molar refractivity (Wildman–Crippen MR) is 211 cm³/mol. The van der Waals surface area contributed by atoms with Gasteiger partial charge in [-0.05, 0) is 79.9 Å². The van der Waals surface area contributed by atoms with Gasteiger partial charge in [-0.3, -0.25) is 14.4 Å². The van der Waals surface area contributed by atoms with Gasteiger partial charge in [0.1, 0.15) is 42.5 Å². The Bertz CT molecular complexity index is 1780. The van der Waals surface area contributed by atoms with Crippen LogP contribution in [-0.2, 0) is 48.2 Å². The Balaban J connectivity index is 1.22. The first-order valence-electron chi connectivity index (χ1n) is 20.6. The molecule has 4 aliphatic heterocycles. The van der Waals surface area contributed by atoms with Crippen LogP contribution in [0.4, 0.5) is 5.69 Å². The monoisotopic (exact) mass is 789 g/mol. The first-order chi connectivity index (χ1) is 27.3. The van der Waals surface area contributed by atoms with Crippen LogP contribution < -0.4 is 5.32 Å². The third kappa shape index (κ3) is 8.31. The molecule has 1 saturated carbocycles. The van der Waals surface area contributed by atoms with Crippen molar-refractivity contribution in [3.05, 3.63) is 76.9 Å². The van der Waals surface area contributed by atoms with Crippen LogP contribution in [-0.4, -0.2) is 96.9 Å². The summed E-state index contributed by atoms with van der Waals surface area (Å²) in [4.78, 5) is 40.9. The van der Waals surface area contributed by atoms with E-state index in [9.17, 15) is 24.6 Å². The lowest BCUT2D eigenvalue weighted by Gasteiger charge is -2.47. The summed E-state index contributed by atoms with van der Waals surface area (Å²) < 4.78 is 37.0. The average Bonchev–Trinajstić information content (AvgIpc) is 3.82. The highest BCUT2D eigenvalue weighted by Gasteiger charge is 2.60. The summed E-state index contributed by atoms with van der Waals surface area (Å²) in [5.74, 6) is -3.07. The van der Waals surface area contributed by atoms with E-state index in [1.165, 1.54) is 7.11 Å². The number of benzene rings is 1. The van der Waals surface area contributed by atoms with E-state index in [1.54, 1.807) is 25.2 Å². The molecule has 1 aromatic rings. The lowest BCUT2D eigenvalue weighted by molar-refractivity contribution is -0.315. The number of esters is 2. The van der Waals surface area contributed by atoms with Gasteiger partial charge >= 0.3 is 11.9 Å². The quantitative estimate of drug-likeness (QED) is 0.238. The molecule has 12 nitrogen and oxygen atoms in total. The molecule has 6 aliphatic rings. The van der Waals surface area contributed by atoms with Crippen LogP contribution in [0.3, 0.4) is 0 Å². The van der Waals surface area contributed by atoms with Crippen molar-refractivity contribution < 1.29 is 53.0 Å². The molecule has 310 valence electrons. The highest BCUT2D eigenvalue weighted by molar-refractivity contribution is 5.92. The number of nitrogens with one attached hydrogen (secondary N) is 1. The summed E-state index contributed by atoms with van der Waals surface area (Å²) in [5, 5.41) is 26.3. The Hall–Kier alpha value is -3.65. The minimum atomic E-state index is -1.83. The third-order valence-electron chi connectivity index (χ3n) is 13.1. The molecule has 2 bridgehead atoms. The number of rotatable bonds is 6. The number of amides is 1. The average molecular weight is 790 g/mol. The van der Waals surface area contributed by atoms with Gasteiger partial charge in [-0.15, -0.1) is 0 Å². The topological polar surface area (TPSA) is 159 Å². The molecular formula is C45H59NO11. The second-order valence-corrected chi connectivity index (χ2v) is 17.3. The molecule has 12 heteroatoms. The fourth-order valence-corrected chi connectivity index (χ4v) is 9.75. The summed E-state index contributed by atoms with van der Waals surface area (Å²) in [5.41, 5.74) is 0.629. The van der Waals surface area contributed by atoms with Crippen LogP contribution in [0, 0.1) is 17.8 Å². The Kier molecular flexibility index (Phi) is 12.3. The molecule has 4 heterocycles. The fraction of sp³-hybridized carbons (Fsp3) is 0.622. The largest absolute Gasteiger partial charge is 0.462 e. The molecular weight excluding hydrogens is 730 g/mol. The molecule has 0 aromatic heterocycles. The number of hydrogen-bond acceptors (Lipinski definition) is 11. The van der Waals surface area contributed by atoms with Crippen LogP contribution in [0.15, 0.2) is 71.4 Å². The Morgan fingerprint density at radius 2 is 1.79 bits per heavy atom. The first-order valence-corrected chi connectivity index (χ1v) is 20.6. The normalized spacial score (nSPS) is 39.1. The van der Waals surface area contributed by atoms with Gasteiger partial charge in [0, 0.05) is 38.0 Å². The number of fused-ring (bicyclic) bond motifs is 2. The first kappa shape index (κ1) is 41.5. The second-order valence-electron chi connectivity index (χ2n) is 17.3. The van der Waals surface area contributed by atoms with Gasteiger partial charge in [0.25, 0.3) is 0 Å². The van der Waals surface area contributed by atoms with Gasteiger partial charge in [-0.2, -0.15) is 0 Å². The Morgan fingerprint density at radius 3 is 2.49 bits per heavy atom. The lowest BCUT2D eigenvalue weighted by atomic mass is 9.71. The number of anilines is 1. The maximum absolute atomic E-state index is 14.6. The van der Waals surface area contributed by atoms with Crippen molar-refractivity contribution >= 4 is 23.5 Å². The van der Waals surface area contributed by atoms with Crippen molar-refractivity contribution in [2.45, 2.75) is 133 Å². The zero-order valence-electron chi connectivity index (χ0n) is 33.9. The maximum atomic E-state index is 14.6. The minimum absolute atomic E-state index is 0.0189. The lowest BCUT2D eigenvalue weighted by Crippen LogP contribution is -2.58. The van der Waals surface area contributed by atoms with Crippen molar-refractivity contribution in [3.8, 4) is 0 Å². The smallest absolute Gasteiger partial charge is 0.317 e. The van der Waals surface area contributed by atoms with Crippen molar-refractivity contribution in [2.24, 2.45) is 17.8 Å². The molecule has 2 aliphatic carbocycles.